The Balaban J connectivity index is 1.94. The molecule has 2 atom stereocenters. The Labute approximate surface area is 107 Å². The zero-order valence-corrected chi connectivity index (χ0v) is 11.0. The lowest BCUT2D eigenvalue weighted by molar-refractivity contribution is 0.0825. The van der Waals surface area contributed by atoms with Crippen molar-refractivity contribution >= 4 is 5.69 Å². The van der Waals surface area contributed by atoms with E-state index in [0.717, 1.165) is 19.6 Å². The largest absolute Gasteiger partial charge is 0.398 e. The predicted octanol–water partition coefficient (Wildman–Crippen LogP) is 0.540. The van der Waals surface area contributed by atoms with Crippen LogP contribution >= 0.6 is 0 Å². The van der Waals surface area contributed by atoms with Crippen molar-refractivity contribution in [2.45, 2.75) is 32.0 Å². The maximum atomic E-state index is 11.6. The summed E-state index contributed by atoms with van der Waals surface area (Å²) in [6.07, 6.45) is 3.03. The Morgan fingerprint density at radius 1 is 1.56 bits per heavy atom. The van der Waals surface area contributed by atoms with Crippen LogP contribution in [0.4, 0.5) is 5.69 Å². The zero-order chi connectivity index (χ0) is 13.1. The topological polar surface area (TPSA) is 60.5 Å². The summed E-state index contributed by atoms with van der Waals surface area (Å²) < 4.78 is 7.21. The van der Waals surface area contributed by atoms with Crippen molar-refractivity contribution in [1.29, 1.82) is 0 Å². The highest BCUT2D eigenvalue weighted by Crippen LogP contribution is 2.17. The maximum absolute atomic E-state index is 11.6. The van der Waals surface area contributed by atoms with Crippen LogP contribution in [0, 0.1) is 0 Å². The molecule has 1 aromatic heterocycles. The Bertz CT molecular complexity index is 458. The minimum atomic E-state index is -0.00618. The molecule has 2 unspecified atom stereocenters. The fourth-order valence-corrected chi connectivity index (χ4v) is 2.46. The van der Waals surface area contributed by atoms with Gasteiger partial charge in [0.1, 0.15) is 0 Å². The van der Waals surface area contributed by atoms with Crippen molar-refractivity contribution in [2.24, 2.45) is 0 Å². The van der Waals surface area contributed by atoms with Crippen LogP contribution in [-0.4, -0.2) is 41.8 Å². The number of aromatic nitrogens is 1. The molecule has 0 spiro atoms. The fraction of sp³-hybridized carbons (Fsp3) is 0.615. The molecular formula is C13H21N3O2. The van der Waals surface area contributed by atoms with Crippen LogP contribution in [0.25, 0.3) is 0 Å². The summed E-state index contributed by atoms with van der Waals surface area (Å²) in [5, 5.41) is 0. The minimum absolute atomic E-state index is 0.00618. The molecule has 0 saturated carbocycles. The molecule has 2 heterocycles. The van der Waals surface area contributed by atoms with Crippen LogP contribution in [0.5, 0.6) is 0 Å². The average Bonchev–Trinajstić information content (AvgIpc) is 2.76. The number of likely N-dealkylation sites (N-methyl/N-ethyl adjacent to an activating group) is 1. The zero-order valence-electron chi connectivity index (χ0n) is 11.0. The first-order valence-corrected chi connectivity index (χ1v) is 6.36. The molecule has 0 aliphatic carbocycles. The lowest BCUT2D eigenvalue weighted by atomic mass is 10.1. The summed E-state index contributed by atoms with van der Waals surface area (Å²) in [6, 6.07) is 3.59. The summed E-state index contributed by atoms with van der Waals surface area (Å²) in [7, 11) is 2.08. The van der Waals surface area contributed by atoms with E-state index in [0.29, 0.717) is 18.3 Å². The van der Waals surface area contributed by atoms with Crippen molar-refractivity contribution in [3.05, 3.63) is 28.7 Å². The van der Waals surface area contributed by atoms with Gasteiger partial charge in [-0.25, -0.2) is 0 Å². The van der Waals surface area contributed by atoms with Crippen LogP contribution < -0.4 is 11.3 Å². The number of nitrogens with two attached hydrogens (primary N) is 1. The molecule has 0 amide bonds. The Kier molecular flexibility index (Phi) is 4.04. The summed E-state index contributed by atoms with van der Waals surface area (Å²) >= 11 is 0. The molecule has 1 fully saturated rings. The number of hydrogen-bond acceptors (Lipinski definition) is 4. The number of nitrogen functional groups attached to an aromatic ring is 1. The van der Waals surface area contributed by atoms with Gasteiger partial charge in [-0.1, -0.05) is 0 Å². The molecule has 1 aliphatic rings. The SMILES string of the molecule is CC1OCCC1N(C)CCn1cc(N)ccc1=O. The molecule has 0 radical (unpaired) electrons. The first-order chi connectivity index (χ1) is 8.58. The quantitative estimate of drug-likeness (QED) is 0.848. The van der Waals surface area contributed by atoms with Crippen LogP contribution in [0.15, 0.2) is 23.1 Å². The van der Waals surface area contributed by atoms with E-state index in [2.05, 4.69) is 18.9 Å². The highest BCUT2D eigenvalue weighted by Gasteiger charge is 2.27. The lowest BCUT2D eigenvalue weighted by Gasteiger charge is -2.26. The van der Waals surface area contributed by atoms with Gasteiger partial charge >= 0.3 is 0 Å². The molecule has 18 heavy (non-hydrogen) atoms. The molecule has 100 valence electrons. The molecule has 1 aliphatic heterocycles. The summed E-state index contributed by atoms with van der Waals surface area (Å²) in [4.78, 5) is 13.9. The molecule has 2 rings (SSSR count). The van der Waals surface area contributed by atoms with Gasteiger partial charge in [-0.15, -0.1) is 0 Å². The Hall–Kier alpha value is -1.33. The second-order valence-electron chi connectivity index (χ2n) is 4.91. The number of hydrogen-bond donors (Lipinski definition) is 1. The molecule has 1 saturated heterocycles. The van der Waals surface area contributed by atoms with Gasteiger partial charge < -0.3 is 15.0 Å². The van der Waals surface area contributed by atoms with E-state index in [-0.39, 0.29) is 11.7 Å². The highest BCUT2D eigenvalue weighted by molar-refractivity contribution is 5.33. The van der Waals surface area contributed by atoms with E-state index in [4.69, 9.17) is 10.5 Å². The minimum Gasteiger partial charge on any atom is -0.398 e. The van der Waals surface area contributed by atoms with Gasteiger partial charge in [-0.2, -0.15) is 0 Å². The second kappa shape index (κ2) is 5.54. The van der Waals surface area contributed by atoms with Crippen molar-refractivity contribution in [3.8, 4) is 0 Å². The maximum Gasteiger partial charge on any atom is 0.250 e. The van der Waals surface area contributed by atoms with Gasteiger partial charge in [0.05, 0.1) is 6.10 Å². The average molecular weight is 251 g/mol. The standard InChI is InChI=1S/C13H21N3O2/c1-10-12(5-8-18-10)15(2)6-7-16-9-11(14)3-4-13(16)17/h3-4,9-10,12H,5-8,14H2,1-2H3. The lowest BCUT2D eigenvalue weighted by Crippen LogP contribution is -2.39. The van der Waals surface area contributed by atoms with Gasteiger partial charge in [0.2, 0.25) is 0 Å². The van der Waals surface area contributed by atoms with Gasteiger partial charge in [-0.3, -0.25) is 9.69 Å². The van der Waals surface area contributed by atoms with Crippen molar-refractivity contribution in [1.82, 2.24) is 9.47 Å². The summed E-state index contributed by atoms with van der Waals surface area (Å²) in [5.41, 5.74) is 6.30. The predicted molar refractivity (Wildman–Crippen MR) is 71.6 cm³/mol. The van der Waals surface area contributed by atoms with Crippen LogP contribution in [0.1, 0.15) is 13.3 Å². The first kappa shape index (κ1) is 13.1. The molecular weight excluding hydrogens is 230 g/mol. The molecule has 0 bridgehead atoms. The van der Waals surface area contributed by atoms with E-state index in [1.54, 1.807) is 16.8 Å². The number of anilines is 1. The van der Waals surface area contributed by atoms with E-state index < -0.39 is 0 Å². The monoisotopic (exact) mass is 251 g/mol. The van der Waals surface area contributed by atoms with Gasteiger partial charge in [0.15, 0.2) is 0 Å². The van der Waals surface area contributed by atoms with Gasteiger partial charge in [0.25, 0.3) is 5.56 Å². The van der Waals surface area contributed by atoms with Crippen molar-refractivity contribution < 1.29 is 4.74 Å². The Morgan fingerprint density at radius 2 is 2.33 bits per heavy atom. The fourth-order valence-electron chi connectivity index (χ4n) is 2.46. The van der Waals surface area contributed by atoms with Crippen LogP contribution in [0.2, 0.25) is 0 Å². The second-order valence-corrected chi connectivity index (χ2v) is 4.91. The third-order valence-electron chi connectivity index (χ3n) is 3.60. The smallest absolute Gasteiger partial charge is 0.250 e. The highest BCUT2D eigenvalue weighted by atomic mass is 16.5. The van der Waals surface area contributed by atoms with E-state index >= 15 is 0 Å². The van der Waals surface area contributed by atoms with E-state index in [1.165, 1.54) is 6.07 Å². The molecule has 0 aromatic carbocycles. The summed E-state index contributed by atoms with van der Waals surface area (Å²) in [5.74, 6) is 0. The number of nitrogens with zero attached hydrogens (tertiary/aromatic N) is 2. The van der Waals surface area contributed by atoms with E-state index in [1.807, 2.05) is 0 Å². The number of ether oxygens (including phenoxy) is 1. The molecule has 1 aromatic rings. The van der Waals surface area contributed by atoms with Gasteiger partial charge in [-0.05, 0) is 26.5 Å². The third kappa shape index (κ3) is 2.91. The van der Waals surface area contributed by atoms with E-state index in [9.17, 15) is 4.79 Å². The third-order valence-corrected chi connectivity index (χ3v) is 3.60. The normalized spacial score (nSPS) is 23.7. The first-order valence-electron chi connectivity index (χ1n) is 6.36. The Morgan fingerprint density at radius 3 is 3.00 bits per heavy atom. The molecule has 5 heteroatoms. The number of pyridine rings is 1. The van der Waals surface area contributed by atoms with Crippen molar-refractivity contribution in [2.75, 3.05) is 25.9 Å². The number of rotatable bonds is 4. The molecule has 2 N–H and O–H groups in total. The van der Waals surface area contributed by atoms with Gasteiger partial charge in [0, 0.05) is 43.7 Å². The van der Waals surface area contributed by atoms with Crippen LogP contribution in [-0.2, 0) is 11.3 Å². The van der Waals surface area contributed by atoms with Crippen molar-refractivity contribution in [3.63, 3.8) is 0 Å². The summed E-state index contributed by atoms with van der Waals surface area (Å²) in [6.45, 7) is 4.40. The molecule has 5 nitrogen and oxygen atoms in total. The van der Waals surface area contributed by atoms with Crippen LogP contribution in [0.3, 0.4) is 0 Å².